The molecule has 0 spiro atoms. The van der Waals surface area contributed by atoms with Crippen LogP contribution < -0.4 is 5.32 Å². The zero-order chi connectivity index (χ0) is 17.5. The van der Waals surface area contributed by atoms with Crippen molar-refractivity contribution in [1.82, 2.24) is 5.32 Å². The summed E-state index contributed by atoms with van der Waals surface area (Å²) in [4.78, 5) is 11.2. The van der Waals surface area contributed by atoms with E-state index in [0.717, 1.165) is 5.92 Å². The molecule has 0 aromatic carbocycles. The molecule has 22 heavy (non-hydrogen) atoms. The highest BCUT2D eigenvalue weighted by atomic mass is 32.2. The lowest BCUT2D eigenvalue weighted by Crippen LogP contribution is -2.37. The first-order chi connectivity index (χ1) is 9.97. The monoisotopic (exact) mass is 329 g/mol. The number of hydrogen-bond donors (Lipinski definition) is 1. The molecule has 5 atom stereocenters. The quantitative estimate of drug-likeness (QED) is 0.604. The number of nitrogens with one attached hydrogen (secondary N) is 1. The largest absolute Gasteiger partial charge is 0.354 e. The van der Waals surface area contributed by atoms with Gasteiger partial charge in [0.15, 0.2) is 0 Å². The lowest BCUT2D eigenvalue weighted by molar-refractivity contribution is -0.119. The molecule has 0 aromatic heterocycles. The summed E-state index contributed by atoms with van der Waals surface area (Å²) in [6.45, 7) is 20.0. The van der Waals surface area contributed by atoms with Gasteiger partial charge in [0.1, 0.15) is 0 Å². The van der Waals surface area contributed by atoms with Crippen molar-refractivity contribution in [3.05, 3.63) is 0 Å². The lowest BCUT2D eigenvalue weighted by atomic mass is 9.85. The van der Waals surface area contributed by atoms with Crippen LogP contribution in [-0.4, -0.2) is 21.9 Å². The minimum Gasteiger partial charge on any atom is -0.354 e. The number of hydrogen-bond acceptors (Lipinski definition) is 2. The SMILES string of the molecule is CCCC(C)C(SC(C)(C)C)C(C)CC(C)C(C)NC(C)=O. The highest BCUT2D eigenvalue weighted by Gasteiger charge is 2.30. The molecule has 0 heterocycles. The van der Waals surface area contributed by atoms with E-state index in [1.807, 2.05) is 0 Å². The molecule has 0 aromatic rings. The summed E-state index contributed by atoms with van der Waals surface area (Å²) in [7, 11) is 0. The van der Waals surface area contributed by atoms with Gasteiger partial charge in [-0.2, -0.15) is 11.8 Å². The molecule has 0 aliphatic rings. The Morgan fingerprint density at radius 3 is 2.00 bits per heavy atom. The fourth-order valence-electron chi connectivity index (χ4n) is 3.21. The second-order valence-electron chi connectivity index (χ2n) is 8.14. The Morgan fingerprint density at radius 2 is 1.59 bits per heavy atom. The highest BCUT2D eigenvalue weighted by molar-refractivity contribution is 8.01. The molecule has 0 rings (SSSR count). The first kappa shape index (κ1) is 21.8. The topological polar surface area (TPSA) is 29.1 Å². The van der Waals surface area contributed by atoms with Crippen molar-refractivity contribution in [2.45, 2.75) is 97.6 Å². The Balaban J connectivity index is 4.80. The number of thioether (sulfide) groups is 1. The summed E-state index contributed by atoms with van der Waals surface area (Å²) >= 11 is 2.14. The van der Waals surface area contributed by atoms with E-state index >= 15 is 0 Å². The third kappa shape index (κ3) is 9.07. The van der Waals surface area contributed by atoms with Crippen molar-refractivity contribution in [2.24, 2.45) is 17.8 Å². The molecule has 1 amide bonds. The lowest BCUT2D eigenvalue weighted by Gasteiger charge is -2.36. The van der Waals surface area contributed by atoms with Crippen LogP contribution in [0.3, 0.4) is 0 Å². The van der Waals surface area contributed by atoms with E-state index in [4.69, 9.17) is 0 Å². The Hall–Kier alpha value is -0.180. The normalized spacial score (nSPS) is 19.1. The first-order valence-electron chi connectivity index (χ1n) is 8.92. The zero-order valence-corrected chi connectivity index (χ0v) is 17.1. The Morgan fingerprint density at radius 1 is 1.05 bits per heavy atom. The number of amides is 1. The zero-order valence-electron chi connectivity index (χ0n) is 16.3. The third-order valence-electron chi connectivity index (χ3n) is 4.38. The summed E-state index contributed by atoms with van der Waals surface area (Å²) in [5, 5.41) is 3.73. The Labute approximate surface area is 143 Å². The van der Waals surface area contributed by atoms with Crippen LogP contribution in [0.15, 0.2) is 0 Å². The van der Waals surface area contributed by atoms with Crippen LogP contribution in [0.1, 0.15) is 81.6 Å². The van der Waals surface area contributed by atoms with Crippen molar-refractivity contribution in [2.75, 3.05) is 0 Å². The molecule has 2 nitrogen and oxygen atoms in total. The molecule has 132 valence electrons. The smallest absolute Gasteiger partial charge is 0.217 e. The molecule has 3 heteroatoms. The molecule has 0 fully saturated rings. The summed E-state index contributed by atoms with van der Waals surface area (Å²) in [6.07, 6.45) is 3.73. The van der Waals surface area contributed by atoms with Gasteiger partial charge in [-0.25, -0.2) is 0 Å². The van der Waals surface area contributed by atoms with Gasteiger partial charge in [0, 0.05) is 23.0 Å². The van der Waals surface area contributed by atoms with Crippen LogP contribution >= 0.6 is 11.8 Å². The van der Waals surface area contributed by atoms with Gasteiger partial charge in [-0.15, -0.1) is 0 Å². The molecular formula is C19H39NOS. The van der Waals surface area contributed by atoms with E-state index in [1.54, 1.807) is 6.92 Å². The Kier molecular flexibility index (Phi) is 9.77. The molecular weight excluding hydrogens is 290 g/mol. The van der Waals surface area contributed by atoms with Crippen LogP contribution in [0.5, 0.6) is 0 Å². The van der Waals surface area contributed by atoms with Crippen molar-refractivity contribution in [3.63, 3.8) is 0 Å². The van der Waals surface area contributed by atoms with Gasteiger partial charge in [-0.1, -0.05) is 54.9 Å². The maximum atomic E-state index is 11.2. The number of carbonyl (C=O) groups excluding carboxylic acids is 1. The van der Waals surface area contributed by atoms with E-state index in [2.05, 4.69) is 72.5 Å². The second kappa shape index (κ2) is 9.85. The van der Waals surface area contributed by atoms with Gasteiger partial charge in [0.25, 0.3) is 0 Å². The number of rotatable bonds is 9. The van der Waals surface area contributed by atoms with Crippen LogP contribution in [0, 0.1) is 17.8 Å². The van der Waals surface area contributed by atoms with E-state index in [1.165, 1.54) is 19.3 Å². The first-order valence-corrected chi connectivity index (χ1v) is 9.80. The van der Waals surface area contributed by atoms with Gasteiger partial charge in [0.05, 0.1) is 0 Å². The van der Waals surface area contributed by atoms with Crippen LogP contribution in [0.25, 0.3) is 0 Å². The third-order valence-corrected chi connectivity index (χ3v) is 6.29. The van der Waals surface area contributed by atoms with E-state index < -0.39 is 0 Å². The second-order valence-corrected chi connectivity index (χ2v) is 10.1. The fourth-order valence-corrected chi connectivity index (χ4v) is 4.74. The van der Waals surface area contributed by atoms with E-state index in [-0.39, 0.29) is 11.9 Å². The van der Waals surface area contributed by atoms with Gasteiger partial charge >= 0.3 is 0 Å². The van der Waals surface area contributed by atoms with E-state index in [0.29, 0.717) is 21.8 Å². The van der Waals surface area contributed by atoms with Crippen molar-refractivity contribution in [3.8, 4) is 0 Å². The fraction of sp³-hybridized carbons (Fsp3) is 0.947. The minimum atomic E-state index is 0.0759. The van der Waals surface area contributed by atoms with Crippen LogP contribution in [0.4, 0.5) is 0 Å². The summed E-state index contributed by atoms with van der Waals surface area (Å²) < 4.78 is 0.299. The van der Waals surface area contributed by atoms with E-state index in [9.17, 15) is 4.79 Å². The van der Waals surface area contributed by atoms with Gasteiger partial charge < -0.3 is 5.32 Å². The van der Waals surface area contributed by atoms with Crippen molar-refractivity contribution in [1.29, 1.82) is 0 Å². The maximum Gasteiger partial charge on any atom is 0.217 e. The molecule has 0 saturated heterocycles. The average Bonchev–Trinajstić information content (AvgIpc) is 2.34. The molecule has 0 bridgehead atoms. The average molecular weight is 330 g/mol. The predicted molar refractivity (Wildman–Crippen MR) is 101 cm³/mol. The minimum absolute atomic E-state index is 0.0759. The summed E-state index contributed by atoms with van der Waals surface area (Å²) in [6, 6.07) is 0.252. The van der Waals surface area contributed by atoms with Crippen LogP contribution in [-0.2, 0) is 4.79 Å². The number of carbonyl (C=O) groups is 1. The molecule has 0 aliphatic carbocycles. The molecule has 0 radical (unpaired) electrons. The predicted octanol–water partition coefficient (Wildman–Crippen LogP) is 5.51. The van der Waals surface area contributed by atoms with Crippen LogP contribution in [0.2, 0.25) is 0 Å². The molecule has 0 saturated carbocycles. The van der Waals surface area contributed by atoms with Gasteiger partial charge in [-0.05, 0) is 37.5 Å². The molecule has 0 aliphatic heterocycles. The maximum absolute atomic E-state index is 11.2. The standard InChI is InChI=1S/C19H39NOS/c1-10-11-13(2)18(22-19(7,8)9)15(4)12-14(3)16(5)20-17(6)21/h13-16,18H,10-12H2,1-9H3,(H,20,21). The van der Waals surface area contributed by atoms with Crippen molar-refractivity contribution >= 4 is 17.7 Å². The van der Waals surface area contributed by atoms with Crippen molar-refractivity contribution < 1.29 is 4.79 Å². The summed E-state index contributed by atoms with van der Waals surface area (Å²) in [5.41, 5.74) is 0. The Bertz CT molecular complexity index is 324. The summed E-state index contributed by atoms with van der Waals surface area (Å²) in [5.74, 6) is 1.99. The molecule has 1 N–H and O–H groups in total. The van der Waals surface area contributed by atoms with Gasteiger partial charge in [0.2, 0.25) is 5.91 Å². The molecule has 5 unspecified atom stereocenters. The highest BCUT2D eigenvalue weighted by Crippen LogP contribution is 2.40. The van der Waals surface area contributed by atoms with Gasteiger partial charge in [-0.3, -0.25) is 4.79 Å².